The van der Waals surface area contributed by atoms with Gasteiger partial charge in [0.1, 0.15) is 0 Å². The van der Waals surface area contributed by atoms with E-state index in [0.717, 1.165) is 19.3 Å². The third-order valence-corrected chi connectivity index (χ3v) is 2.56. The van der Waals surface area contributed by atoms with Gasteiger partial charge in [-0.1, -0.05) is 0 Å². The van der Waals surface area contributed by atoms with Crippen LogP contribution in [-0.2, 0) is 9.59 Å². The van der Waals surface area contributed by atoms with Gasteiger partial charge < -0.3 is 10.6 Å². The predicted molar refractivity (Wildman–Crippen MR) is 46.9 cm³/mol. The molecule has 0 spiro atoms. The van der Waals surface area contributed by atoms with Crippen LogP contribution in [0.3, 0.4) is 0 Å². The summed E-state index contributed by atoms with van der Waals surface area (Å²) in [6.45, 7) is 0.598. The van der Waals surface area contributed by atoms with E-state index < -0.39 is 0 Å². The van der Waals surface area contributed by atoms with Gasteiger partial charge in [-0.2, -0.15) is 0 Å². The van der Waals surface area contributed by atoms with E-state index in [1.807, 2.05) is 0 Å². The van der Waals surface area contributed by atoms with Crippen molar-refractivity contribution >= 4 is 11.8 Å². The molecule has 72 valence electrons. The van der Waals surface area contributed by atoms with Crippen LogP contribution in [0.1, 0.15) is 25.7 Å². The van der Waals surface area contributed by atoms with Crippen LogP contribution in [0, 0.1) is 5.92 Å². The molecule has 2 fully saturated rings. The molecule has 1 unspecified atom stereocenters. The Morgan fingerprint density at radius 2 is 2.23 bits per heavy atom. The molecule has 0 bridgehead atoms. The standard InChI is InChI=1S/C9H14N2O2/c12-8-4-3-7(11-8)5-10-9(13)6-1-2-6/h6-7H,1-5H2,(H,10,13)(H,11,12). The van der Waals surface area contributed by atoms with E-state index >= 15 is 0 Å². The van der Waals surface area contributed by atoms with Crippen LogP contribution in [-0.4, -0.2) is 24.4 Å². The van der Waals surface area contributed by atoms with Crippen LogP contribution in [0.15, 0.2) is 0 Å². The molecular weight excluding hydrogens is 168 g/mol. The number of amides is 2. The molecule has 2 rings (SSSR count). The second-order valence-electron chi connectivity index (χ2n) is 3.82. The van der Waals surface area contributed by atoms with E-state index in [1.54, 1.807) is 0 Å². The Labute approximate surface area is 77.1 Å². The zero-order valence-corrected chi connectivity index (χ0v) is 7.51. The van der Waals surface area contributed by atoms with Crippen LogP contribution < -0.4 is 10.6 Å². The van der Waals surface area contributed by atoms with Gasteiger partial charge in [-0.15, -0.1) is 0 Å². The summed E-state index contributed by atoms with van der Waals surface area (Å²) in [6.07, 6.45) is 3.51. The highest BCUT2D eigenvalue weighted by molar-refractivity contribution is 5.81. The summed E-state index contributed by atoms with van der Waals surface area (Å²) >= 11 is 0. The Bertz CT molecular complexity index is 236. The number of carbonyl (C=O) groups is 2. The maximum atomic E-state index is 11.2. The van der Waals surface area contributed by atoms with Gasteiger partial charge in [0.05, 0.1) is 0 Å². The molecule has 2 N–H and O–H groups in total. The fourth-order valence-corrected chi connectivity index (χ4v) is 1.54. The molecule has 4 nitrogen and oxygen atoms in total. The molecule has 1 atom stereocenters. The van der Waals surface area contributed by atoms with Crippen LogP contribution in [0.5, 0.6) is 0 Å². The summed E-state index contributed by atoms with van der Waals surface area (Å²) < 4.78 is 0. The van der Waals surface area contributed by atoms with Gasteiger partial charge in [0, 0.05) is 24.9 Å². The van der Waals surface area contributed by atoms with Crippen molar-refractivity contribution in [2.45, 2.75) is 31.7 Å². The Kier molecular flexibility index (Phi) is 2.20. The maximum Gasteiger partial charge on any atom is 0.223 e. The molecule has 1 aliphatic heterocycles. The van der Waals surface area contributed by atoms with Gasteiger partial charge >= 0.3 is 0 Å². The number of rotatable bonds is 3. The predicted octanol–water partition coefficient (Wildman–Crippen LogP) is -0.209. The molecule has 0 aromatic carbocycles. The van der Waals surface area contributed by atoms with Crippen LogP contribution in [0.4, 0.5) is 0 Å². The van der Waals surface area contributed by atoms with Crippen LogP contribution in [0.25, 0.3) is 0 Å². The van der Waals surface area contributed by atoms with Crippen molar-refractivity contribution in [3.8, 4) is 0 Å². The maximum absolute atomic E-state index is 11.2. The third kappa shape index (κ3) is 2.20. The van der Waals surface area contributed by atoms with Crippen LogP contribution in [0.2, 0.25) is 0 Å². The van der Waals surface area contributed by atoms with Crippen molar-refractivity contribution in [1.29, 1.82) is 0 Å². The molecule has 0 aromatic rings. The zero-order valence-electron chi connectivity index (χ0n) is 7.51. The molecular formula is C9H14N2O2. The first-order valence-electron chi connectivity index (χ1n) is 4.83. The lowest BCUT2D eigenvalue weighted by Crippen LogP contribution is -2.38. The topological polar surface area (TPSA) is 58.2 Å². The molecule has 1 aliphatic carbocycles. The summed E-state index contributed by atoms with van der Waals surface area (Å²) in [4.78, 5) is 22.0. The van der Waals surface area contributed by atoms with Crippen molar-refractivity contribution < 1.29 is 9.59 Å². The number of nitrogens with one attached hydrogen (secondary N) is 2. The largest absolute Gasteiger partial charge is 0.354 e. The van der Waals surface area contributed by atoms with Crippen molar-refractivity contribution in [2.75, 3.05) is 6.54 Å². The van der Waals surface area contributed by atoms with E-state index in [-0.39, 0.29) is 23.8 Å². The fourth-order valence-electron chi connectivity index (χ4n) is 1.54. The Balaban J connectivity index is 1.67. The first-order chi connectivity index (χ1) is 6.25. The second kappa shape index (κ2) is 3.36. The minimum atomic E-state index is 0.102. The highest BCUT2D eigenvalue weighted by atomic mass is 16.2. The first-order valence-corrected chi connectivity index (χ1v) is 4.83. The molecule has 2 aliphatic rings. The molecule has 0 radical (unpaired) electrons. The molecule has 1 saturated carbocycles. The molecule has 2 amide bonds. The normalized spacial score (nSPS) is 27.1. The van der Waals surface area contributed by atoms with E-state index in [1.165, 1.54) is 0 Å². The Morgan fingerprint density at radius 1 is 1.46 bits per heavy atom. The summed E-state index contributed by atoms with van der Waals surface area (Å²) in [6, 6.07) is 0.162. The molecule has 0 aromatic heterocycles. The van der Waals surface area contributed by atoms with Gasteiger partial charge in [-0.05, 0) is 19.3 Å². The Hall–Kier alpha value is -1.06. The summed E-state index contributed by atoms with van der Waals surface area (Å²) in [7, 11) is 0. The van der Waals surface area contributed by atoms with Gasteiger partial charge in [0.25, 0.3) is 0 Å². The minimum Gasteiger partial charge on any atom is -0.354 e. The van der Waals surface area contributed by atoms with Crippen molar-refractivity contribution in [1.82, 2.24) is 10.6 Å². The fraction of sp³-hybridized carbons (Fsp3) is 0.778. The van der Waals surface area contributed by atoms with E-state index in [4.69, 9.17) is 0 Å². The van der Waals surface area contributed by atoms with E-state index in [0.29, 0.717) is 13.0 Å². The van der Waals surface area contributed by atoms with Crippen molar-refractivity contribution in [3.63, 3.8) is 0 Å². The zero-order chi connectivity index (χ0) is 9.26. The average molecular weight is 182 g/mol. The lowest BCUT2D eigenvalue weighted by atomic mass is 10.2. The number of carbonyl (C=O) groups excluding carboxylic acids is 2. The number of hydrogen-bond acceptors (Lipinski definition) is 2. The molecule has 1 heterocycles. The molecule has 13 heavy (non-hydrogen) atoms. The summed E-state index contributed by atoms with van der Waals surface area (Å²) in [5, 5.41) is 5.67. The third-order valence-electron chi connectivity index (χ3n) is 2.56. The quantitative estimate of drug-likeness (QED) is 0.634. The first kappa shape index (κ1) is 8.53. The van der Waals surface area contributed by atoms with E-state index in [9.17, 15) is 9.59 Å². The number of hydrogen-bond donors (Lipinski definition) is 2. The lowest BCUT2D eigenvalue weighted by molar-refractivity contribution is -0.123. The van der Waals surface area contributed by atoms with Gasteiger partial charge in [0.15, 0.2) is 0 Å². The summed E-state index contributed by atoms with van der Waals surface area (Å²) in [5.41, 5.74) is 0. The highest BCUT2D eigenvalue weighted by Gasteiger charge is 2.30. The lowest BCUT2D eigenvalue weighted by Gasteiger charge is -2.10. The molecule has 1 saturated heterocycles. The second-order valence-corrected chi connectivity index (χ2v) is 3.82. The SMILES string of the molecule is O=C1CCC(CNC(=O)C2CC2)N1. The average Bonchev–Trinajstić information content (AvgIpc) is 2.87. The van der Waals surface area contributed by atoms with Crippen molar-refractivity contribution in [2.24, 2.45) is 5.92 Å². The van der Waals surface area contributed by atoms with E-state index in [2.05, 4.69) is 10.6 Å². The van der Waals surface area contributed by atoms with Crippen LogP contribution >= 0.6 is 0 Å². The summed E-state index contributed by atoms with van der Waals surface area (Å²) in [5.74, 6) is 0.518. The smallest absolute Gasteiger partial charge is 0.223 e. The molecule has 4 heteroatoms. The van der Waals surface area contributed by atoms with Crippen molar-refractivity contribution in [3.05, 3.63) is 0 Å². The highest BCUT2D eigenvalue weighted by Crippen LogP contribution is 2.28. The Morgan fingerprint density at radius 3 is 2.77 bits per heavy atom. The van der Waals surface area contributed by atoms with Gasteiger partial charge in [-0.3, -0.25) is 9.59 Å². The monoisotopic (exact) mass is 182 g/mol. The van der Waals surface area contributed by atoms with Gasteiger partial charge in [-0.25, -0.2) is 0 Å². The van der Waals surface area contributed by atoms with Gasteiger partial charge in [0.2, 0.25) is 11.8 Å². The minimum absolute atomic E-state index is 0.102.